The Morgan fingerprint density at radius 1 is 1.17 bits per heavy atom. The van der Waals surface area contributed by atoms with Crippen molar-refractivity contribution < 1.29 is 27.3 Å². The van der Waals surface area contributed by atoms with Crippen molar-refractivity contribution in [2.24, 2.45) is 0 Å². The monoisotopic (exact) mass is 435 g/mol. The molecule has 0 aliphatic carbocycles. The van der Waals surface area contributed by atoms with Gasteiger partial charge < -0.3 is 14.1 Å². The number of carbonyl (C=O) groups is 1. The van der Waals surface area contributed by atoms with Crippen LogP contribution in [0.5, 0.6) is 0 Å². The molecular weight excluding hydrogens is 413 g/mol. The Kier molecular flexibility index (Phi) is 5.47. The van der Waals surface area contributed by atoms with Gasteiger partial charge in [0.15, 0.2) is 0 Å². The molecule has 7 nitrogen and oxygen atoms in total. The molecule has 3 rings (SSSR count). The Morgan fingerprint density at radius 3 is 2.48 bits per heavy atom. The molecule has 1 heterocycles. The van der Waals surface area contributed by atoms with E-state index in [2.05, 4.69) is 4.72 Å². The van der Waals surface area contributed by atoms with E-state index < -0.39 is 29.2 Å². The van der Waals surface area contributed by atoms with Crippen molar-refractivity contribution in [1.29, 1.82) is 0 Å². The minimum Gasteiger partial charge on any atom is -0.475 e. The second kappa shape index (κ2) is 7.44. The van der Waals surface area contributed by atoms with Gasteiger partial charge >= 0.3 is 5.97 Å². The Hall–Kier alpha value is -2.41. The summed E-state index contributed by atoms with van der Waals surface area (Å²) in [5.74, 6) is -1.42. The predicted octanol–water partition coefficient (Wildman–Crippen LogP) is 3.73. The van der Waals surface area contributed by atoms with Crippen LogP contribution < -0.4 is 10.0 Å². The average molecular weight is 435 g/mol. The lowest BCUT2D eigenvalue weighted by Crippen LogP contribution is -2.27. The summed E-state index contributed by atoms with van der Waals surface area (Å²) in [7, 11) is -6.35. The van der Waals surface area contributed by atoms with Gasteiger partial charge in [0.1, 0.15) is 12.7 Å². The summed E-state index contributed by atoms with van der Waals surface area (Å²) in [6.45, 7) is 6.60. The molecule has 0 saturated carbocycles. The fourth-order valence-electron chi connectivity index (χ4n) is 3.07. The van der Waals surface area contributed by atoms with Crippen LogP contribution in [0.3, 0.4) is 0 Å². The maximum atomic E-state index is 12.9. The first-order valence-corrected chi connectivity index (χ1v) is 12.9. The molecule has 2 aromatic carbocycles. The lowest BCUT2D eigenvalue weighted by atomic mass is 10.1. The number of aromatic carboxylic acids is 1. The van der Waals surface area contributed by atoms with Gasteiger partial charge in [-0.2, -0.15) is 0 Å². The Balaban J connectivity index is 1.94. The van der Waals surface area contributed by atoms with Crippen LogP contribution >= 0.6 is 7.14 Å². The van der Waals surface area contributed by atoms with E-state index in [1.807, 2.05) is 0 Å². The Morgan fingerprint density at radius 2 is 1.86 bits per heavy atom. The highest BCUT2D eigenvalue weighted by molar-refractivity contribution is 7.89. The van der Waals surface area contributed by atoms with E-state index in [0.717, 1.165) is 0 Å². The van der Waals surface area contributed by atoms with Crippen molar-refractivity contribution in [1.82, 2.24) is 4.72 Å². The molecule has 1 aromatic heterocycles. The standard InChI is InChI=1S/C20H22NO6PS/c1-12-17-11-16(8-9-18(17)27-19(12)20(22)23)29(25,26)21-13(2)14-6-5-7-15(10-14)28(3,4)24/h5-11,13,21H,1-4H3,(H,22,23). The molecule has 0 saturated heterocycles. The SMILES string of the molecule is Cc1c(C(=O)O)oc2ccc(S(=O)(=O)NC(C)c3cccc(P(C)(C)=O)c3)cc12. The molecule has 0 fully saturated rings. The maximum absolute atomic E-state index is 12.9. The highest BCUT2D eigenvalue weighted by Gasteiger charge is 2.23. The number of hydrogen-bond donors (Lipinski definition) is 2. The molecule has 1 atom stereocenters. The highest BCUT2D eigenvalue weighted by Crippen LogP contribution is 2.35. The van der Waals surface area contributed by atoms with E-state index in [9.17, 15) is 22.9 Å². The summed E-state index contributed by atoms with van der Waals surface area (Å²) in [4.78, 5) is 11.2. The number of carboxylic acids is 1. The van der Waals surface area contributed by atoms with Crippen molar-refractivity contribution in [3.05, 3.63) is 59.4 Å². The van der Waals surface area contributed by atoms with Gasteiger partial charge in [-0.05, 0) is 57.0 Å². The van der Waals surface area contributed by atoms with Crippen molar-refractivity contribution in [3.8, 4) is 0 Å². The van der Waals surface area contributed by atoms with Crippen molar-refractivity contribution >= 4 is 39.4 Å². The quantitative estimate of drug-likeness (QED) is 0.571. The lowest BCUT2D eigenvalue weighted by molar-refractivity contribution is 0.0664. The zero-order valence-corrected chi connectivity index (χ0v) is 18.2. The third-order valence-electron chi connectivity index (χ3n) is 4.74. The van der Waals surface area contributed by atoms with E-state index in [0.29, 0.717) is 27.4 Å². The summed E-state index contributed by atoms with van der Waals surface area (Å²) >= 11 is 0. The molecule has 154 valence electrons. The first kappa shape index (κ1) is 21.3. The summed E-state index contributed by atoms with van der Waals surface area (Å²) in [6, 6.07) is 10.7. The molecule has 0 amide bonds. The summed E-state index contributed by atoms with van der Waals surface area (Å²) in [6.07, 6.45) is 0. The minimum atomic E-state index is -3.88. The van der Waals surface area contributed by atoms with Gasteiger partial charge in [0.25, 0.3) is 0 Å². The van der Waals surface area contributed by atoms with Crippen LogP contribution in [0.25, 0.3) is 11.0 Å². The number of rotatable bonds is 6. The van der Waals surface area contributed by atoms with Gasteiger partial charge in [-0.15, -0.1) is 0 Å². The van der Waals surface area contributed by atoms with Gasteiger partial charge in [0.2, 0.25) is 15.8 Å². The van der Waals surface area contributed by atoms with Gasteiger partial charge in [-0.25, -0.2) is 17.9 Å². The Labute approximate surface area is 169 Å². The largest absolute Gasteiger partial charge is 0.475 e. The summed E-state index contributed by atoms with van der Waals surface area (Å²) < 4.78 is 46.0. The van der Waals surface area contributed by atoms with Crippen LogP contribution in [-0.2, 0) is 14.6 Å². The molecular formula is C20H22NO6PS. The third kappa shape index (κ3) is 4.29. The topological polar surface area (TPSA) is 114 Å². The molecule has 9 heteroatoms. The van der Waals surface area contributed by atoms with E-state index in [-0.39, 0.29) is 10.7 Å². The Bertz CT molecular complexity index is 1260. The van der Waals surface area contributed by atoms with E-state index in [1.54, 1.807) is 51.4 Å². The number of carboxylic acid groups (broad SMARTS) is 1. The smallest absolute Gasteiger partial charge is 0.372 e. The van der Waals surface area contributed by atoms with Crippen molar-refractivity contribution in [2.75, 3.05) is 13.3 Å². The predicted molar refractivity (Wildman–Crippen MR) is 112 cm³/mol. The van der Waals surface area contributed by atoms with Gasteiger partial charge in [-0.1, -0.05) is 18.2 Å². The summed E-state index contributed by atoms with van der Waals surface area (Å²) in [5, 5.41) is 10.3. The molecule has 0 aliphatic heterocycles. The number of furan rings is 1. The zero-order chi connectivity index (χ0) is 21.6. The minimum absolute atomic E-state index is 0.00509. The van der Waals surface area contributed by atoms with Crippen LogP contribution in [0.1, 0.15) is 34.6 Å². The van der Waals surface area contributed by atoms with E-state index in [4.69, 9.17) is 4.42 Å². The molecule has 0 bridgehead atoms. The van der Waals surface area contributed by atoms with E-state index >= 15 is 0 Å². The molecule has 0 aliphatic rings. The van der Waals surface area contributed by atoms with Crippen LogP contribution in [0.4, 0.5) is 0 Å². The number of hydrogen-bond acceptors (Lipinski definition) is 5. The number of benzene rings is 2. The lowest BCUT2D eigenvalue weighted by Gasteiger charge is -2.17. The van der Waals surface area contributed by atoms with Crippen molar-refractivity contribution in [2.45, 2.75) is 24.8 Å². The number of aryl methyl sites for hydroxylation is 1. The molecule has 3 aromatic rings. The average Bonchev–Trinajstić information content (AvgIpc) is 2.97. The van der Waals surface area contributed by atoms with Crippen LogP contribution in [-0.4, -0.2) is 32.8 Å². The van der Waals surface area contributed by atoms with Gasteiger partial charge in [-0.3, -0.25) is 0 Å². The fourth-order valence-corrected chi connectivity index (χ4v) is 5.23. The molecule has 0 radical (unpaired) electrons. The first-order chi connectivity index (χ1) is 13.4. The van der Waals surface area contributed by atoms with Crippen LogP contribution in [0.15, 0.2) is 51.8 Å². The van der Waals surface area contributed by atoms with Crippen LogP contribution in [0, 0.1) is 6.92 Å². The second-order valence-corrected chi connectivity index (χ2v) is 12.2. The van der Waals surface area contributed by atoms with Crippen molar-refractivity contribution in [3.63, 3.8) is 0 Å². The molecule has 0 spiro atoms. The maximum Gasteiger partial charge on any atom is 0.372 e. The van der Waals surface area contributed by atoms with E-state index in [1.165, 1.54) is 18.2 Å². The van der Waals surface area contributed by atoms with Gasteiger partial charge in [0.05, 0.1) is 4.90 Å². The first-order valence-electron chi connectivity index (χ1n) is 8.84. The molecule has 29 heavy (non-hydrogen) atoms. The van der Waals surface area contributed by atoms with Gasteiger partial charge in [0, 0.05) is 22.3 Å². The second-order valence-electron chi connectivity index (χ2n) is 7.31. The summed E-state index contributed by atoms with van der Waals surface area (Å²) in [5.41, 5.74) is 1.37. The fraction of sp³-hybridized carbons (Fsp3) is 0.250. The molecule has 2 N–H and O–H groups in total. The van der Waals surface area contributed by atoms with Crippen LogP contribution in [0.2, 0.25) is 0 Å². The zero-order valence-electron chi connectivity index (χ0n) is 16.5. The number of sulfonamides is 1. The molecule has 1 unspecified atom stereocenters. The number of fused-ring (bicyclic) bond motifs is 1. The third-order valence-corrected chi connectivity index (χ3v) is 7.80. The highest BCUT2D eigenvalue weighted by atomic mass is 32.2. The normalized spacial score (nSPS) is 13.5. The number of nitrogens with one attached hydrogen (secondary N) is 1.